The molecule has 0 aromatic carbocycles. The third-order valence-corrected chi connectivity index (χ3v) is 0. The zero-order valence-electron chi connectivity index (χ0n) is 3.20. The van der Waals surface area contributed by atoms with Gasteiger partial charge in [-0.25, -0.2) is 4.57 Å². The second-order valence-electron chi connectivity index (χ2n) is 0.513. The molecule has 0 fully saturated rings. The van der Waals surface area contributed by atoms with Gasteiger partial charge in [0.05, 0.1) is 0 Å². The summed E-state index contributed by atoms with van der Waals surface area (Å²) in [6.45, 7) is 0. The third-order valence-electron chi connectivity index (χ3n) is 0. The first-order chi connectivity index (χ1) is 2.00. The van der Waals surface area contributed by atoms with E-state index in [1.54, 1.807) is 0 Å². The van der Waals surface area contributed by atoms with E-state index in [0.29, 0.717) is 0 Å². The molecule has 58 valence electrons. The van der Waals surface area contributed by atoms with Crippen molar-refractivity contribution in [1.82, 2.24) is 0 Å². The number of rotatable bonds is 0. The summed E-state index contributed by atoms with van der Waals surface area (Å²) in [7, 11) is -4.64. The van der Waals surface area contributed by atoms with Crippen LogP contribution < -0.4 is 0 Å². The summed E-state index contributed by atoms with van der Waals surface area (Å²) in [5.41, 5.74) is 0. The van der Waals surface area contributed by atoms with Crippen LogP contribution in [0.15, 0.2) is 0 Å². The summed E-state index contributed by atoms with van der Waals surface area (Å²) < 4.78 is 8.88. The van der Waals surface area contributed by atoms with Crippen molar-refractivity contribution in [3.63, 3.8) is 0 Å². The van der Waals surface area contributed by atoms with Gasteiger partial charge in [-0.15, -0.1) is 0 Å². The van der Waals surface area contributed by atoms with Crippen molar-refractivity contribution in [1.29, 1.82) is 0 Å². The van der Waals surface area contributed by atoms with Gasteiger partial charge in [-0.3, -0.25) is 0 Å². The van der Waals surface area contributed by atoms with Crippen LogP contribution in [0.3, 0.4) is 0 Å². The van der Waals surface area contributed by atoms with Gasteiger partial charge in [0.2, 0.25) is 0 Å². The second-order valence-corrected chi connectivity index (χ2v) is 1.54. The van der Waals surface area contributed by atoms with E-state index in [0.717, 1.165) is 0 Å². The van der Waals surface area contributed by atoms with Gasteiger partial charge >= 0.3 is 135 Å². The van der Waals surface area contributed by atoms with Gasteiger partial charge in [-0.1, -0.05) is 0 Å². The Bertz CT molecular complexity index is 61.9. The van der Waals surface area contributed by atoms with Gasteiger partial charge < -0.3 is 25.6 Å². The van der Waals surface area contributed by atoms with E-state index in [1.807, 2.05) is 0 Å². The summed E-state index contributed by atoms with van der Waals surface area (Å²) in [5.74, 6) is 0. The van der Waals surface area contributed by atoms with Gasteiger partial charge in [0.15, 0.2) is 0 Å². The quantitative estimate of drug-likeness (QED) is 0.295. The minimum absolute atomic E-state index is 0. The summed E-state index contributed by atoms with van der Waals surface area (Å²) in [6, 6.07) is 0. The molecule has 10 heavy (non-hydrogen) atoms. The summed E-state index contributed by atoms with van der Waals surface area (Å²) in [6.07, 6.45) is 0. The van der Waals surface area contributed by atoms with Gasteiger partial charge in [0.1, 0.15) is 0 Å². The Kier molecular flexibility index (Phi) is 69.5. The Hall–Kier alpha value is 4.19. The SMILES string of the molecule is O.O.O=P(O)(O)O.[CaH2].[CaH2].[KH]. The van der Waals surface area contributed by atoms with Crippen LogP contribution in [0, 0.1) is 0 Å². The molecule has 0 aromatic heterocycles. The first-order valence-corrected chi connectivity index (χ1v) is 2.35. The molecule has 0 radical (unpaired) electrons. The van der Waals surface area contributed by atoms with E-state index in [4.69, 9.17) is 19.2 Å². The van der Waals surface area contributed by atoms with E-state index in [1.165, 1.54) is 0 Å². The van der Waals surface area contributed by atoms with Crippen LogP contribution in [-0.2, 0) is 4.57 Å². The van der Waals surface area contributed by atoms with E-state index in [2.05, 4.69) is 0 Å². The number of phosphoric acid groups is 1. The summed E-state index contributed by atoms with van der Waals surface area (Å²) >= 11 is 0. The maximum absolute atomic E-state index is 8.88. The molecule has 0 saturated heterocycles. The van der Waals surface area contributed by atoms with Gasteiger partial charge in [-0.05, 0) is 0 Å². The molecule has 0 bridgehead atoms. The first kappa shape index (κ1) is 36.8. The molecule has 0 aliphatic heterocycles. The van der Waals surface area contributed by atoms with Crippen LogP contribution in [0.2, 0.25) is 0 Å². The van der Waals surface area contributed by atoms with Crippen molar-refractivity contribution >= 4 is 135 Å². The van der Waals surface area contributed by atoms with E-state index >= 15 is 0 Å². The van der Waals surface area contributed by atoms with Crippen LogP contribution in [0.4, 0.5) is 0 Å². The molecule has 0 atom stereocenters. The molecule has 0 aromatic rings. The molecule has 10 heteroatoms. The molecule has 0 heterocycles. The van der Waals surface area contributed by atoms with Crippen LogP contribution in [0.25, 0.3) is 0 Å². The fraction of sp³-hybridized carbons (Fsp3) is 0. The molecule has 0 amide bonds. The molecule has 0 spiro atoms. The Morgan fingerprint density at radius 2 is 0.900 bits per heavy atom. The van der Waals surface area contributed by atoms with E-state index in [9.17, 15) is 0 Å². The Morgan fingerprint density at radius 3 is 0.900 bits per heavy atom. The van der Waals surface area contributed by atoms with Crippen molar-refractivity contribution in [2.45, 2.75) is 0 Å². The Balaban J connectivity index is -0.00000000800. The van der Waals surface area contributed by atoms with Gasteiger partial charge in [0.25, 0.3) is 0 Å². The fourth-order valence-corrected chi connectivity index (χ4v) is 0. The van der Waals surface area contributed by atoms with E-state index in [-0.39, 0.29) is 138 Å². The average Bonchev–Trinajstić information content (AvgIpc) is 0.722. The van der Waals surface area contributed by atoms with Crippen LogP contribution >= 0.6 is 7.82 Å². The summed E-state index contributed by atoms with van der Waals surface area (Å²) in [5, 5.41) is 0. The molecule has 0 aliphatic carbocycles. The molecule has 0 aliphatic rings. The molecule has 0 rings (SSSR count). The van der Waals surface area contributed by atoms with Crippen molar-refractivity contribution in [3.8, 4) is 0 Å². The normalized spacial score (nSPS) is 5.90. The van der Waals surface area contributed by atoms with Crippen molar-refractivity contribution in [2.75, 3.05) is 0 Å². The predicted octanol–water partition coefficient (Wildman–Crippen LogP) is -5.06. The molecule has 0 saturated carbocycles. The van der Waals surface area contributed by atoms with Gasteiger partial charge in [0, 0.05) is 0 Å². The monoisotopic (exact) mass is 258 g/mol. The molecule has 6 nitrogen and oxygen atoms in total. The van der Waals surface area contributed by atoms with Crippen molar-refractivity contribution in [2.24, 2.45) is 0 Å². The molecular formula is H12Ca2KO6P. The topological polar surface area (TPSA) is 141 Å². The predicted molar refractivity (Wildman–Crippen MR) is 45.7 cm³/mol. The van der Waals surface area contributed by atoms with Crippen LogP contribution in [0.5, 0.6) is 0 Å². The molecule has 0 unspecified atom stereocenters. The number of hydrogen-bond acceptors (Lipinski definition) is 1. The maximum atomic E-state index is 8.88. The van der Waals surface area contributed by atoms with Gasteiger partial charge in [-0.2, -0.15) is 0 Å². The van der Waals surface area contributed by atoms with E-state index < -0.39 is 7.82 Å². The van der Waals surface area contributed by atoms with Crippen molar-refractivity contribution < 1.29 is 30.2 Å². The van der Waals surface area contributed by atoms with Crippen LogP contribution in [-0.4, -0.2) is 152 Å². The summed E-state index contributed by atoms with van der Waals surface area (Å²) in [4.78, 5) is 21.6. The average molecular weight is 258 g/mol. The first-order valence-electron chi connectivity index (χ1n) is 0.783. The number of hydrogen-bond donors (Lipinski definition) is 3. The molecular weight excluding hydrogens is 246 g/mol. The third kappa shape index (κ3) is 87.0. The second kappa shape index (κ2) is 18.9. The Labute approximate surface area is 160 Å². The zero-order valence-corrected chi connectivity index (χ0v) is 4.09. The fourth-order valence-electron chi connectivity index (χ4n) is 0. The van der Waals surface area contributed by atoms with Crippen molar-refractivity contribution in [3.05, 3.63) is 0 Å². The van der Waals surface area contributed by atoms with Crippen LogP contribution in [0.1, 0.15) is 0 Å². The Morgan fingerprint density at radius 1 is 0.900 bits per heavy atom. The molecule has 7 N–H and O–H groups in total. The minimum atomic E-state index is -4.64. The standard InChI is InChI=1S/2Ca.K.H3O4P.2H2O.5H/c;;;1-5(2,3)4;;;;;;;/h;;;(H3,1,2,3,4);2*1H2;;;;;. The zero-order chi connectivity index (χ0) is 4.50.